The minimum absolute atomic E-state index is 0.245. The molecule has 4 aromatic rings. The number of nitrogens with one attached hydrogen (secondary N) is 2. The van der Waals surface area contributed by atoms with Gasteiger partial charge in [0.25, 0.3) is 11.8 Å². The first-order chi connectivity index (χ1) is 19.0. The van der Waals surface area contributed by atoms with E-state index in [4.69, 9.17) is 14.2 Å². The number of hydrogen-bond donors (Lipinski definition) is 2. The van der Waals surface area contributed by atoms with E-state index in [0.29, 0.717) is 34.8 Å². The lowest BCUT2D eigenvalue weighted by atomic mass is 10.0. The summed E-state index contributed by atoms with van der Waals surface area (Å²) in [5.74, 6) is -0.170. The standard InChI is InChI=1S/C30H27N3O6/c1-3-38-27-17-20(11-16-26(27)39-30(36)22-12-14-23(37-2)15-13-22)18-32-33-28(34)19-31-29(35)25-10-6-8-21-7-4-5-9-24(21)25/h4-18H,3,19H2,1-2H3,(H,31,35)(H,33,34). The van der Waals surface area contributed by atoms with Crippen LogP contribution in [0.1, 0.15) is 33.2 Å². The van der Waals surface area contributed by atoms with Gasteiger partial charge in [0.05, 0.1) is 32.0 Å². The van der Waals surface area contributed by atoms with Gasteiger partial charge in [0, 0.05) is 5.56 Å². The number of benzene rings is 4. The highest BCUT2D eigenvalue weighted by molar-refractivity contribution is 6.07. The van der Waals surface area contributed by atoms with Crippen LogP contribution < -0.4 is 25.0 Å². The molecule has 4 rings (SSSR count). The van der Waals surface area contributed by atoms with Crippen LogP contribution in [0.4, 0.5) is 0 Å². The number of carbonyl (C=O) groups is 3. The number of methoxy groups -OCH3 is 1. The third-order valence-electron chi connectivity index (χ3n) is 5.64. The Morgan fingerprint density at radius 2 is 1.67 bits per heavy atom. The molecule has 9 nitrogen and oxygen atoms in total. The average Bonchev–Trinajstić information content (AvgIpc) is 2.97. The Hall–Kier alpha value is -5.18. The van der Waals surface area contributed by atoms with Gasteiger partial charge in [-0.1, -0.05) is 36.4 Å². The van der Waals surface area contributed by atoms with Crippen molar-refractivity contribution < 1.29 is 28.6 Å². The molecule has 198 valence electrons. The first-order valence-electron chi connectivity index (χ1n) is 12.2. The molecule has 0 radical (unpaired) electrons. The second-order valence-corrected chi connectivity index (χ2v) is 8.26. The maximum Gasteiger partial charge on any atom is 0.343 e. The predicted molar refractivity (Wildman–Crippen MR) is 148 cm³/mol. The fourth-order valence-corrected chi connectivity index (χ4v) is 3.74. The van der Waals surface area contributed by atoms with E-state index in [9.17, 15) is 14.4 Å². The average molecular weight is 526 g/mol. The van der Waals surface area contributed by atoms with Gasteiger partial charge in [-0.2, -0.15) is 5.10 Å². The van der Waals surface area contributed by atoms with Crippen molar-refractivity contribution in [3.8, 4) is 17.2 Å². The molecule has 39 heavy (non-hydrogen) atoms. The molecule has 0 saturated heterocycles. The van der Waals surface area contributed by atoms with Crippen LogP contribution in [0.5, 0.6) is 17.2 Å². The Morgan fingerprint density at radius 1 is 0.897 bits per heavy atom. The molecule has 0 aliphatic heterocycles. The topological polar surface area (TPSA) is 115 Å². The minimum atomic E-state index is -0.544. The lowest BCUT2D eigenvalue weighted by Crippen LogP contribution is -2.35. The Balaban J connectivity index is 1.34. The van der Waals surface area contributed by atoms with E-state index in [1.54, 1.807) is 61.7 Å². The van der Waals surface area contributed by atoms with E-state index in [1.807, 2.05) is 37.3 Å². The minimum Gasteiger partial charge on any atom is -0.497 e. The highest BCUT2D eigenvalue weighted by Gasteiger charge is 2.14. The summed E-state index contributed by atoms with van der Waals surface area (Å²) in [4.78, 5) is 37.4. The molecule has 0 aliphatic rings. The van der Waals surface area contributed by atoms with Crippen molar-refractivity contribution in [3.63, 3.8) is 0 Å². The Kier molecular flexibility index (Phi) is 8.87. The summed E-state index contributed by atoms with van der Waals surface area (Å²) in [5.41, 5.74) is 3.83. The fourth-order valence-electron chi connectivity index (χ4n) is 3.74. The first kappa shape index (κ1) is 26.9. The number of hydrogen-bond acceptors (Lipinski definition) is 7. The molecule has 0 spiro atoms. The monoisotopic (exact) mass is 525 g/mol. The third-order valence-corrected chi connectivity index (χ3v) is 5.64. The van der Waals surface area contributed by atoms with E-state index in [1.165, 1.54) is 6.21 Å². The second kappa shape index (κ2) is 12.9. The zero-order valence-electron chi connectivity index (χ0n) is 21.5. The Morgan fingerprint density at radius 3 is 2.44 bits per heavy atom. The molecular weight excluding hydrogens is 498 g/mol. The van der Waals surface area contributed by atoms with Gasteiger partial charge in [-0.25, -0.2) is 10.2 Å². The SMILES string of the molecule is CCOc1cc(C=NNC(=O)CNC(=O)c2cccc3ccccc23)ccc1OC(=O)c1ccc(OC)cc1. The van der Waals surface area contributed by atoms with Crippen LogP contribution in [-0.2, 0) is 4.79 Å². The van der Waals surface area contributed by atoms with Crippen LogP contribution in [-0.4, -0.2) is 44.3 Å². The predicted octanol–water partition coefficient (Wildman–Crippen LogP) is 4.35. The summed E-state index contributed by atoms with van der Waals surface area (Å²) in [7, 11) is 1.54. The number of amides is 2. The summed E-state index contributed by atoms with van der Waals surface area (Å²) in [6.07, 6.45) is 1.42. The largest absolute Gasteiger partial charge is 0.497 e. The molecular formula is C30H27N3O6. The van der Waals surface area contributed by atoms with Crippen molar-refractivity contribution in [2.45, 2.75) is 6.92 Å². The number of hydrazone groups is 1. The van der Waals surface area contributed by atoms with Gasteiger partial charge in [0.2, 0.25) is 0 Å². The molecule has 2 amide bonds. The van der Waals surface area contributed by atoms with Gasteiger partial charge in [-0.3, -0.25) is 9.59 Å². The van der Waals surface area contributed by atoms with Crippen LogP contribution >= 0.6 is 0 Å². The zero-order chi connectivity index (χ0) is 27.6. The molecule has 0 bridgehead atoms. The van der Waals surface area contributed by atoms with Gasteiger partial charge >= 0.3 is 5.97 Å². The molecule has 2 N–H and O–H groups in total. The second-order valence-electron chi connectivity index (χ2n) is 8.26. The molecule has 4 aromatic carbocycles. The number of rotatable bonds is 10. The van der Waals surface area contributed by atoms with Crippen molar-refractivity contribution in [1.29, 1.82) is 0 Å². The van der Waals surface area contributed by atoms with Crippen LogP contribution in [0, 0.1) is 0 Å². The molecule has 9 heteroatoms. The molecule has 0 heterocycles. The molecule has 0 unspecified atom stereocenters. The number of nitrogens with zero attached hydrogens (tertiary/aromatic N) is 1. The number of ether oxygens (including phenoxy) is 3. The van der Waals surface area contributed by atoms with Crippen LogP contribution in [0.25, 0.3) is 10.8 Å². The summed E-state index contributed by atoms with van der Waals surface area (Å²) in [5, 5.41) is 8.30. The van der Waals surface area contributed by atoms with Gasteiger partial charge in [0.15, 0.2) is 11.5 Å². The van der Waals surface area contributed by atoms with Gasteiger partial charge in [-0.15, -0.1) is 0 Å². The fraction of sp³-hybridized carbons (Fsp3) is 0.133. The maximum absolute atomic E-state index is 12.6. The van der Waals surface area contributed by atoms with Crippen molar-refractivity contribution in [2.75, 3.05) is 20.3 Å². The van der Waals surface area contributed by atoms with Crippen molar-refractivity contribution >= 4 is 34.8 Å². The van der Waals surface area contributed by atoms with Crippen molar-refractivity contribution in [1.82, 2.24) is 10.7 Å². The first-order valence-corrected chi connectivity index (χ1v) is 12.2. The summed E-state index contributed by atoms with van der Waals surface area (Å²) >= 11 is 0. The normalized spacial score (nSPS) is 10.7. The number of fused-ring (bicyclic) bond motifs is 1. The molecule has 0 saturated carbocycles. The van der Waals surface area contributed by atoms with Crippen LogP contribution in [0.2, 0.25) is 0 Å². The van der Waals surface area contributed by atoms with Crippen molar-refractivity contribution in [2.24, 2.45) is 5.10 Å². The quantitative estimate of drug-likeness (QED) is 0.138. The lowest BCUT2D eigenvalue weighted by molar-refractivity contribution is -0.120. The highest BCUT2D eigenvalue weighted by atomic mass is 16.6. The van der Waals surface area contributed by atoms with Gasteiger partial charge in [0.1, 0.15) is 5.75 Å². The third kappa shape index (κ3) is 6.98. The smallest absolute Gasteiger partial charge is 0.343 e. The lowest BCUT2D eigenvalue weighted by Gasteiger charge is -2.11. The van der Waals surface area contributed by atoms with E-state index >= 15 is 0 Å². The van der Waals surface area contributed by atoms with E-state index in [-0.39, 0.29) is 18.2 Å². The maximum atomic E-state index is 12.6. The Labute approximate surface area is 225 Å². The summed E-state index contributed by atoms with van der Waals surface area (Å²) in [6.45, 7) is 1.91. The zero-order valence-corrected chi connectivity index (χ0v) is 21.5. The van der Waals surface area contributed by atoms with Crippen LogP contribution in [0.3, 0.4) is 0 Å². The van der Waals surface area contributed by atoms with E-state index < -0.39 is 11.9 Å². The highest BCUT2D eigenvalue weighted by Crippen LogP contribution is 2.29. The molecule has 0 aliphatic carbocycles. The summed E-state index contributed by atoms with van der Waals surface area (Å²) in [6, 6.07) is 24.4. The van der Waals surface area contributed by atoms with Crippen LogP contribution in [0.15, 0.2) is 90.0 Å². The number of carbonyl (C=O) groups excluding carboxylic acids is 3. The number of esters is 1. The summed E-state index contributed by atoms with van der Waals surface area (Å²) < 4.78 is 16.2. The van der Waals surface area contributed by atoms with Crippen molar-refractivity contribution in [3.05, 3.63) is 102 Å². The van der Waals surface area contributed by atoms with E-state index in [0.717, 1.165) is 10.8 Å². The molecule has 0 atom stereocenters. The van der Waals surface area contributed by atoms with E-state index in [2.05, 4.69) is 15.8 Å². The van der Waals surface area contributed by atoms with Gasteiger partial charge < -0.3 is 19.5 Å². The van der Waals surface area contributed by atoms with Gasteiger partial charge in [-0.05, 0) is 71.8 Å². The molecule has 0 fully saturated rings. The Bertz CT molecular complexity index is 1510. The molecule has 0 aromatic heterocycles.